The van der Waals surface area contributed by atoms with E-state index in [4.69, 9.17) is 21.1 Å². The van der Waals surface area contributed by atoms with Crippen molar-refractivity contribution in [2.45, 2.75) is 13.2 Å². The molecule has 1 N–H and O–H groups in total. The van der Waals surface area contributed by atoms with Crippen molar-refractivity contribution in [1.82, 2.24) is 9.78 Å². The van der Waals surface area contributed by atoms with Gasteiger partial charge in [-0.05, 0) is 30.3 Å². The molecule has 132 valence electrons. The van der Waals surface area contributed by atoms with Crippen LogP contribution in [0.5, 0.6) is 11.5 Å². The first kappa shape index (κ1) is 16.5. The van der Waals surface area contributed by atoms with E-state index >= 15 is 0 Å². The highest BCUT2D eigenvalue weighted by molar-refractivity contribution is 6.32. The van der Waals surface area contributed by atoms with Crippen LogP contribution < -0.4 is 14.8 Å². The van der Waals surface area contributed by atoms with E-state index < -0.39 is 0 Å². The number of hydrogen-bond acceptors (Lipinski definition) is 4. The number of nitrogens with one attached hydrogen (secondary N) is 1. The van der Waals surface area contributed by atoms with Crippen molar-refractivity contribution in [2.24, 2.45) is 0 Å². The van der Waals surface area contributed by atoms with Gasteiger partial charge in [-0.1, -0.05) is 23.7 Å². The van der Waals surface area contributed by atoms with Gasteiger partial charge in [-0.15, -0.1) is 0 Å². The number of methoxy groups -OCH3 is 1. The molecule has 0 aliphatic carbocycles. The molecule has 0 fully saturated rings. The molecule has 1 aliphatic rings. The Bertz CT molecular complexity index is 984. The van der Waals surface area contributed by atoms with E-state index in [1.165, 1.54) is 0 Å². The summed E-state index contributed by atoms with van der Waals surface area (Å²) in [6, 6.07) is 12.8. The Morgan fingerprint density at radius 1 is 1.35 bits per heavy atom. The SMILES string of the molecule is COc1ccc(NC(=O)Cn2ncc3c2-c2ccccc2OC3)cc1Cl. The van der Waals surface area contributed by atoms with Gasteiger partial charge < -0.3 is 14.8 Å². The maximum absolute atomic E-state index is 12.5. The quantitative estimate of drug-likeness (QED) is 0.760. The fourth-order valence-electron chi connectivity index (χ4n) is 2.99. The van der Waals surface area contributed by atoms with E-state index in [0.29, 0.717) is 23.1 Å². The minimum Gasteiger partial charge on any atom is -0.495 e. The number of amides is 1. The van der Waals surface area contributed by atoms with Crippen LogP contribution in [0.1, 0.15) is 5.56 Å². The number of halogens is 1. The van der Waals surface area contributed by atoms with Crippen molar-refractivity contribution in [3.05, 3.63) is 59.2 Å². The van der Waals surface area contributed by atoms with E-state index in [1.54, 1.807) is 36.2 Å². The largest absolute Gasteiger partial charge is 0.495 e. The van der Waals surface area contributed by atoms with Crippen LogP contribution in [-0.2, 0) is 17.9 Å². The Morgan fingerprint density at radius 2 is 2.19 bits per heavy atom. The van der Waals surface area contributed by atoms with Crippen LogP contribution in [0.4, 0.5) is 5.69 Å². The maximum Gasteiger partial charge on any atom is 0.246 e. The number of hydrogen-bond donors (Lipinski definition) is 1. The smallest absolute Gasteiger partial charge is 0.246 e. The molecule has 2 aromatic carbocycles. The van der Waals surface area contributed by atoms with Gasteiger partial charge in [-0.3, -0.25) is 9.48 Å². The van der Waals surface area contributed by atoms with E-state index in [2.05, 4.69) is 10.4 Å². The standard InChI is InChI=1S/C19H16ClN3O3/c1-25-17-7-6-13(8-15(17)20)22-18(24)10-23-19-12(9-21-23)11-26-16-5-3-2-4-14(16)19/h2-9H,10-11H2,1H3,(H,22,24). The summed E-state index contributed by atoms with van der Waals surface area (Å²) in [5, 5.41) is 7.62. The van der Waals surface area contributed by atoms with Crippen LogP contribution in [0.25, 0.3) is 11.3 Å². The summed E-state index contributed by atoms with van der Waals surface area (Å²) in [6.07, 6.45) is 1.74. The van der Waals surface area contributed by atoms with Crippen LogP contribution in [0.2, 0.25) is 5.02 Å². The van der Waals surface area contributed by atoms with Crippen LogP contribution in [0.15, 0.2) is 48.7 Å². The van der Waals surface area contributed by atoms with Gasteiger partial charge in [-0.25, -0.2) is 0 Å². The second-order valence-electron chi connectivity index (χ2n) is 5.86. The molecule has 0 saturated carbocycles. The number of carbonyl (C=O) groups excluding carboxylic acids is 1. The minimum absolute atomic E-state index is 0.0906. The van der Waals surface area contributed by atoms with Crippen LogP contribution in [0, 0.1) is 0 Å². The van der Waals surface area contributed by atoms with Gasteiger partial charge in [0.05, 0.1) is 24.0 Å². The molecule has 0 unspecified atom stereocenters. The zero-order valence-electron chi connectivity index (χ0n) is 14.0. The van der Waals surface area contributed by atoms with E-state index in [1.807, 2.05) is 24.3 Å². The van der Waals surface area contributed by atoms with E-state index in [-0.39, 0.29) is 12.5 Å². The molecular formula is C19H16ClN3O3. The number of ether oxygens (including phenoxy) is 2. The molecule has 0 spiro atoms. The van der Waals surface area contributed by atoms with Gasteiger partial charge in [0.2, 0.25) is 5.91 Å². The molecule has 1 aromatic heterocycles. The Balaban J connectivity index is 1.55. The lowest BCUT2D eigenvalue weighted by molar-refractivity contribution is -0.116. The van der Waals surface area contributed by atoms with Gasteiger partial charge in [0.15, 0.2) is 0 Å². The number of benzene rings is 2. The lowest BCUT2D eigenvalue weighted by atomic mass is 10.0. The highest BCUT2D eigenvalue weighted by atomic mass is 35.5. The second kappa shape index (κ2) is 6.72. The zero-order chi connectivity index (χ0) is 18.1. The van der Waals surface area contributed by atoms with Crippen LogP contribution in [0.3, 0.4) is 0 Å². The summed E-state index contributed by atoms with van der Waals surface area (Å²) < 4.78 is 12.5. The number of anilines is 1. The Kier molecular flexibility index (Phi) is 4.26. The molecule has 0 radical (unpaired) electrons. The summed E-state index contributed by atoms with van der Waals surface area (Å²) in [6.45, 7) is 0.537. The lowest BCUT2D eigenvalue weighted by Gasteiger charge is -2.19. The first-order valence-corrected chi connectivity index (χ1v) is 8.44. The monoisotopic (exact) mass is 369 g/mol. The third kappa shape index (κ3) is 2.99. The van der Waals surface area contributed by atoms with Crippen molar-refractivity contribution in [3.8, 4) is 22.8 Å². The van der Waals surface area contributed by atoms with Crippen molar-refractivity contribution < 1.29 is 14.3 Å². The van der Waals surface area contributed by atoms with Gasteiger partial charge >= 0.3 is 0 Å². The summed E-state index contributed by atoms with van der Waals surface area (Å²) in [4.78, 5) is 12.5. The molecule has 0 saturated heterocycles. The molecule has 0 bridgehead atoms. The third-order valence-corrected chi connectivity index (χ3v) is 4.46. The average molecular weight is 370 g/mol. The number of fused-ring (bicyclic) bond motifs is 3. The molecular weight excluding hydrogens is 354 g/mol. The fourth-order valence-corrected chi connectivity index (χ4v) is 3.24. The molecule has 26 heavy (non-hydrogen) atoms. The van der Waals surface area contributed by atoms with Gasteiger partial charge in [0.1, 0.15) is 24.7 Å². The third-order valence-electron chi connectivity index (χ3n) is 4.17. The highest BCUT2D eigenvalue weighted by Gasteiger charge is 2.22. The van der Waals surface area contributed by atoms with Crippen molar-refractivity contribution >= 4 is 23.2 Å². The summed E-state index contributed by atoms with van der Waals surface area (Å²) in [5.74, 6) is 1.16. The number of aromatic nitrogens is 2. The topological polar surface area (TPSA) is 65.4 Å². The minimum atomic E-state index is -0.193. The van der Waals surface area contributed by atoms with Gasteiger partial charge in [0, 0.05) is 16.8 Å². The predicted octanol–water partition coefficient (Wildman–Crippen LogP) is 3.74. The Morgan fingerprint density at radius 3 is 3.00 bits per heavy atom. The molecule has 1 aliphatic heterocycles. The number of nitrogens with zero attached hydrogens (tertiary/aromatic N) is 2. The number of para-hydroxylation sites is 1. The lowest BCUT2D eigenvalue weighted by Crippen LogP contribution is -2.20. The molecule has 3 aromatic rings. The first-order valence-electron chi connectivity index (χ1n) is 8.06. The maximum atomic E-state index is 12.5. The van der Waals surface area contributed by atoms with Crippen molar-refractivity contribution in [3.63, 3.8) is 0 Å². The van der Waals surface area contributed by atoms with Gasteiger partial charge in [0.25, 0.3) is 0 Å². The van der Waals surface area contributed by atoms with Crippen LogP contribution in [-0.4, -0.2) is 22.8 Å². The molecule has 6 nitrogen and oxygen atoms in total. The van der Waals surface area contributed by atoms with E-state index in [0.717, 1.165) is 22.6 Å². The molecule has 1 amide bonds. The highest BCUT2D eigenvalue weighted by Crippen LogP contribution is 2.37. The van der Waals surface area contributed by atoms with Crippen molar-refractivity contribution in [1.29, 1.82) is 0 Å². The summed E-state index contributed by atoms with van der Waals surface area (Å²) >= 11 is 6.10. The number of rotatable bonds is 4. The second-order valence-corrected chi connectivity index (χ2v) is 6.27. The van der Waals surface area contributed by atoms with Crippen LogP contribution >= 0.6 is 11.6 Å². The molecule has 0 atom stereocenters. The number of carbonyl (C=O) groups is 1. The fraction of sp³-hybridized carbons (Fsp3) is 0.158. The first-order chi connectivity index (χ1) is 12.7. The normalized spacial score (nSPS) is 11.9. The predicted molar refractivity (Wildman–Crippen MR) is 98.6 cm³/mol. The summed E-state index contributed by atoms with van der Waals surface area (Å²) in [5.41, 5.74) is 3.41. The Labute approximate surface area is 155 Å². The Hall–Kier alpha value is -2.99. The molecule has 4 rings (SSSR count). The van der Waals surface area contributed by atoms with E-state index in [9.17, 15) is 4.79 Å². The average Bonchev–Trinajstić information content (AvgIpc) is 3.05. The summed E-state index contributed by atoms with van der Waals surface area (Å²) in [7, 11) is 1.54. The molecule has 7 heteroatoms. The van der Waals surface area contributed by atoms with Crippen molar-refractivity contribution in [2.75, 3.05) is 12.4 Å². The van der Waals surface area contributed by atoms with Gasteiger partial charge in [-0.2, -0.15) is 5.10 Å². The molecule has 2 heterocycles. The zero-order valence-corrected chi connectivity index (χ0v) is 14.8.